The van der Waals surface area contributed by atoms with Gasteiger partial charge in [-0.2, -0.15) is 4.89 Å². The third-order valence-corrected chi connectivity index (χ3v) is 0.842. The molecule has 0 aromatic carbocycles. The molecule has 0 heterocycles. The lowest BCUT2D eigenvalue weighted by Crippen LogP contribution is -2.07. The molecule has 0 atom stereocenters. The van der Waals surface area contributed by atoms with Crippen LogP contribution in [0, 0.1) is 5.92 Å². The van der Waals surface area contributed by atoms with E-state index < -0.39 is 0 Å². The first kappa shape index (κ1) is 9.43. The molecule has 0 rings (SSSR count). The van der Waals surface area contributed by atoms with Gasteiger partial charge in [-0.05, 0) is 5.92 Å². The lowest BCUT2D eigenvalue weighted by Gasteiger charge is -2.03. The minimum Gasteiger partial charge on any atom is -0.298 e. The molecule has 0 radical (unpaired) electrons. The highest BCUT2D eigenvalue weighted by Crippen LogP contribution is 1.94. The first-order valence-electron chi connectivity index (χ1n) is 3.49. The molecule has 0 aliphatic rings. The van der Waals surface area contributed by atoms with Crippen molar-refractivity contribution in [3.8, 4) is 0 Å². The largest absolute Gasteiger partial charge is 0.342 e. The summed E-state index contributed by atoms with van der Waals surface area (Å²) in [6.45, 7) is 6.16. The van der Waals surface area contributed by atoms with Gasteiger partial charge in [0.05, 0.1) is 6.61 Å². The van der Waals surface area contributed by atoms with Crippen LogP contribution in [-0.2, 0) is 14.6 Å². The molecule has 10 heavy (non-hydrogen) atoms. The Balaban J connectivity index is 3.12. The predicted octanol–water partition coefficient (Wildman–Crippen LogP) is 1.53. The molecule has 0 amide bonds. The van der Waals surface area contributed by atoms with E-state index in [1.54, 1.807) is 6.92 Å². The standard InChI is InChI=1S/C7H14O3/c1-4-7(8)10-9-5-6(2)3/h6H,4-5H2,1-3H3. The second kappa shape index (κ2) is 5.23. The minimum atomic E-state index is -0.319. The summed E-state index contributed by atoms with van der Waals surface area (Å²) < 4.78 is 0. The van der Waals surface area contributed by atoms with Crippen LogP contribution in [0.5, 0.6) is 0 Å². The zero-order chi connectivity index (χ0) is 7.98. The lowest BCUT2D eigenvalue weighted by atomic mass is 10.2. The van der Waals surface area contributed by atoms with Gasteiger partial charge in [0, 0.05) is 6.42 Å². The molecule has 0 aromatic rings. The van der Waals surface area contributed by atoms with Gasteiger partial charge in [0.1, 0.15) is 0 Å². The van der Waals surface area contributed by atoms with E-state index in [0.29, 0.717) is 18.9 Å². The van der Waals surface area contributed by atoms with Crippen LogP contribution >= 0.6 is 0 Å². The smallest absolute Gasteiger partial charge is 0.298 e. The van der Waals surface area contributed by atoms with Crippen molar-refractivity contribution in [1.29, 1.82) is 0 Å². The summed E-state index contributed by atoms with van der Waals surface area (Å²) in [6.07, 6.45) is 0.359. The number of hydrogen-bond acceptors (Lipinski definition) is 3. The van der Waals surface area contributed by atoms with Gasteiger partial charge in [-0.25, -0.2) is 4.79 Å². The Morgan fingerprint density at radius 3 is 2.50 bits per heavy atom. The van der Waals surface area contributed by atoms with Crippen molar-refractivity contribution in [1.82, 2.24) is 0 Å². The van der Waals surface area contributed by atoms with Crippen LogP contribution in [0.1, 0.15) is 27.2 Å². The summed E-state index contributed by atoms with van der Waals surface area (Å²) >= 11 is 0. The molecule has 3 nitrogen and oxygen atoms in total. The van der Waals surface area contributed by atoms with E-state index in [9.17, 15) is 4.79 Å². The van der Waals surface area contributed by atoms with Crippen LogP contribution in [0.2, 0.25) is 0 Å². The van der Waals surface area contributed by atoms with E-state index in [2.05, 4.69) is 9.78 Å². The fourth-order valence-electron chi connectivity index (χ4n) is 0.295. The van der Waals surface area contributed by atoms with Crippen LogP contribution in [0.25, 0.3) is 0 Å². The van der Waals surface area contributed by atoms with Crippen molar-refractivity contribution in [2.24, 2.45) is 5.92 Å². The summed E-state index contributed by atoms with van der Waals surface area (Å²) in [5.41, 5.74) is 0. The average molecular weight is 146 g/mol. The van der Waals surface area contributed by atoms with Crippen molar-refractivity contribution >= 4 is 5.97 Å². The quantitative estimate of drug-likeness (QED) is 0.445. The molecule has 0 saturated carbocycles. The second-order valence-corrected chi connectivity index (χ2v) is 2.49. The van der Waals surface area contributed by atoms with Crippen molar-refractivity contribution < 1.29 is 14.6 Å². The van der Waals surface area contributed by atoms with Gasteiger partial charge in [-0.1, -0.05) is 20.8 Å². The fourth-order valence-corrected chi connectivity index (χ4v) is 0.295. The molecule has 0 unspecified atom stereocenters. The summed E-state index contributed by atoms with van der Waals surface area (Å²) in [7, 11) is 0. The Hall–Kier alpha value is -0.570. The molecule has 0 bridgehead atoms. The van der Waals surface area contributed by atoms with Gasteiger partial charge in [0.2, 0.25) is 0 Å². The van der Waals surface area contributed by atoms with Crippen LogP contribution < -0.4 is 0 Å². The molecule has 0 N–H and O–H groups in total. The summed E-state index contributed by atoms with van der Waals surface area (Å²) in [6, 6.07) is 0. The Kier molecular flexibility index (Phi) is 4.94. The molecule has 0 spiro atoms. The molecule has 0 fully saturated rings. The Labute approximate surface area is 61.2 Å². The van der Waals surface area contributed by atoms with Crippen LogP contribution in [0.3, 0.4) is 0 Å². The zero-order valence-electron chi connectivity index (χ0n) is 6.72. The first-order valence-corrected chi connectivity index (χ1v) is 3.49. The van der Waals surface area contributed by atoms with Crippen molar-refractivity contribution in [3.05, 3.63) is 0 Å². The first-order chi connectivity index (χ1) is 4.66. The second-order valence-electron chi connectivity index (χ2n) is 2.49. The number of rotatable bonds is 4. The normalized spacial score (nSPS) is 10.0. The van der Waals surface area contributed by atoms with Gasteiger partial charge in [0.15, 0.2) is 0 Å². The molecule has 60 valence electrons. The predicted molar refractivity (Wildman–Crippen MR) is 37.2 cm³/mol. The third kappa shape index (κ3) is 5.56. The molecular weight excluding hydrogens is 132 g/mol. The van der Waals surface area contributed by atoms with Gasteiger partial charge >= 0.3 is 5.97 Å². The Morgan fingerprint density at radius 1 is 1.50 bits per heavy atom. The van der Waals surface area contributed by atoms with E-state index in [4.69, 9.17) is 0 Å². The average Bonchev–Trinajstić information content (AvgIpc) is 1.87. The molecule has 0 aromatic heterocycles. The molecular formula is C7H14O3. The van der Waals surface area contributed by atoms with Gasteiger partial charge < -0.3 is 0 Å². The Bertz CT molecular complexity index is 99.0. The van der Waals surface area contributed by atoms with E-state index in [0.717, 1.165) is 0 Å². The molecule has 3 heteroatoms. The van der Waals surface area contributed by atoms with Crippen LogP contribution in [0.4, 0.5) is 0 Å². The third-order valence-electron chi connectivity index (χ3n) is 0.842. The van der Waals surface area contributed by atoms with E-state index >= 15 is 0 Å². The topological polar surface area (TPSA) is 35.5 Å². The van der Waals surface area contributed by atoms with Gasteiger partial charge in [0.25, 0.3) is 0 Å². The fraction of sp³-hybridized carbons (Fsp3) is 0.857. The van der Waals surface area contributed by atoms with Crippen LogP contribution in [0.15, 0.2) is 0 Å². The Morgan fingerprint density at radius 2 is 2.10 bits per heavy atom. The highest BCUT2D eigenvalue weighted by atomic mass is 17.2. The number of hydrogen-bond donors (Lipinski definition) is 0. The van der Waals surface area contributed by atoms with Crippen molar-refractivity contribution in [2.45, 2.75) is 27.2 Å². The number of carbonyl (C=O) groups excluding carboxylic acids is 1. The van der Waals surface area contributed by atoms with Crippen molar-refractivity contribution in [2.75, 3.05) is 6.61 Å². The van der Waals surface area contributed by atoms with E-state index in [1.165, 1.54) is 0 Å². The maximum absolute atomic E-state index is 10.4. The minimum absolute atomic E-state index is 0.319. The summed E-state index contributed by atoms with van der Waals surface area (Å²) in [4.78, 5) is 19.4. The molecule has 0 saturated heterocycles. The van der Waals surface area contributed by atoms with Crippen LogP contribution in [-0.4, -0.2) is 12.6 Å². The maximum atomic E-state index is 10.4. The zero-order valence-corrected chi connectivity index (χ0v) is 6.72. The molecule has 0 aliphatic heterocycles. The van der Waals surface area contributed by atoms with Gasteiger partial charge in [-0.15, -0.1) is 0 Å². The SMILES string of the molecule is CCC(=O)OOCC(C)C. The highest BCUT2D eigenvalue weighted by Gasteiger charge is 1.99. The number of carbonyl (C=O) groups is 1. The van der Waals surface area contributed by atoms with Gasteiger partial charge in [-0.3, -0.25) is 4.89 Å². The summed E-state index contributed by atoms with van der Waals surface area (Å²) in [5.74, 6) is 0.0744. The van der Waals surface area contributed by atoms with E-state index in [1.807, 2.05) is 13.8 Å². The molecule has 0 aliphatic carbocycles. The lowest BCUT2D eigenvalue weighted by molar-refractivity contribution is -0.276. The highest BCUT2D eigenvalue weighted by molar-refractivity contribution is 5.68. The summed E-state index contributed by atoms with van der Waals surface area (Å²) in [5, 5.41) is 0. The monoisotopic (exact) mass is 146 g/mol. The van der Waals surface area contributed by atoms with E-state index in [-0.39, 0.29) is 5.97 Å². The van der Waals surface area contributed by atoms with Crippen molar-refractivity contribution in [3.63, 3.8) is 0 Å². The maximum Gasteiger partial charge on any atom is 0.342 e.